The van der Waals surface area contributed by atoms with Gasteiger partial charge in [-0.3, -0.25) is 0 Å². The van der Waals surface area contributed by atoms with Crippen molar-refractivity contribution in [3.63, 3.8) is 0 Å². The number of nitrogens with zero attached hydrogens (tertiary/aromatic N) is 3. The van der Waals surface area contributed by atoms with E-state index in [1.807, 2.05) is 6.92 Å². The van der Waals surface area contributed by atoms with Crippen LogP contribution in [0.4, 0.5) is 5.82 Å². The highest BCUT2D eigenvalue weighted by atomic mass is 15.0. The first-order valence-electron chi connectivity index (χ1n) is 8.90. The fraction of sp³-hybridized carbons (Fsp3) is 0.737. The third-order valence-corrected chi connectivity index (χ3v) is 5.98. The smallest absolute Gasteiger partial charge is 0.147 e. The van der Waals surface area contributed by atoms with E-state index in [0.29, 0.717) is 28.8 Å². The van der Waals surface area contributed by atoms with Gasteiger partial charge in [-0.25, -0.2) is 9.97 Å². The molecule has 1 aromatic heterocycles. The van der Waals surface area contributed by atoms with Crippen LogP contribution in [-0.4, -0.2) is 16.0 Å². The maximum absolute atomic E-state index is 9.40. The Labute approximate surface area is 140 Å². The van der Waals surface area contributed by atoms with Crippen LogP contribution in [0.25, 0.3) is 0 Å². The highest BCUT2D eigenvalue weighted by Crippen LogP contribution is 2.43. The number of anilines is 1. The van der Waals surface area contributed by atoms with Gasteiger partial charge in [0.15, 0.2) is 0 Å². The van der Waals surface area contributed by atoms with Gasteiger partial charge in [0, 0.05) is 6.04 Å². The minimum absolute atomic E-state index is 0.396. The SMILES string of the molecule is CCc1ncnc(NC2CCC(C(C)(C)C(C)C)CC2)c1C#N. The maximum Gasteiger partial charge on any atom is 0.147 e. The second-order valence-corrected chi connectivity index (χ2v) is 7.68. The second-order valence-electron chi connectivity index (χ2n) is 7.68. The third-order valence-electron chi connectivity index (χ3n) is 5.98. The number of hydrogen-bond donors (Lipinski definition) is 1. The summed E-state index contributed by atoms with van der Waals surface area (Å²) in [6.07, 6.45) is 7.12. The van der Waals surface area contributed by atoms with Crippen LogP contribution >= 0.6 is 0 Å². The number of aryl methyl sites for hydroxylation is 1. The van der Waals surface area contributed by atoms with Gasteiger partial charge in [0.05, 0.1) is 5.69 Å². The van der Waals surface area contributed by atoms with Gasteiger partial charge in [0.2, 0.25) is 0 Å². The molecule has 0 bridgehead atoms. The van der Waals surface area contributed by atoms with Crippen molar-refractivity contribution in [2.45, 2.75) is 72.8 Å². The largest absolute Gasteiger partial charge is 0.366 e. The average molecular weight is 314 g/mol. The fourth-order valence-corrected chi connectivity index (χ4v) is 3.56. The molecule has 1 heterocycles. The number of hydrogen-bond acceptors (Lipinski definition) is 4. The first-order valence-corrected chi connectivity index (χ1v) is 8.90. The molecule has 4 heteroatoms. The van der Waals surface area contributed by atoms with Crippen molar-refractivity contribution < 1.29 is 0 Å². The standard InChI is InChI=1S/C19H30N4/c1-6-17-16(11-20)18(22-12-21-17)23-15-9-7-14(8-10-15)19(4,5)13(2)3/h12-15H,6-10H2,1-5H3,(H,21,22,23). The third kappa shape index (κ3) is 3.83. The average Bonchev–Trinajstić information content (AvgIpc) is 2.54. The van der Waals surface area contributed by atoms with Gasteiger partial charge in [-0.05, 0) is 49.4 Å². The molecule has 0 aromatic carbocycles. The Kier molecular flexibility index (Phi) is 5.62. The number of rotatable bonds is 5. The Hall–Kier alpha value is -1.63. The van der Waals surface area contributed by atoms with Crippen LogP contribution in [0.3, 0.4) is 0 Å². The lowest BCUT2D eigenvalue weighted by molar-refractivity contribution is 0.0986. The van der Waals surface area contributed by atoms with Crippen LogP contribution < -0.4 is 5.32 Å². The minimum atomic E-state index is 0.396. The van der Waals surface area contributed by atoms with Crippen molar-refractivity contribution in [3.8, 4) is 6.07 Å². The van der Waals surface area contributed by atoms with Crippen LogP contribution in [0.5, 0.6) is 0 Å². The summed E-state index contributed by atoms with van der Waals surface area (Å²) < 4.78 is 0. The molecule has 0 saturated heterocycles. The molecule has 2 rings (SSSR count). The Morgan fingerprint density at radius 1 is 1.26 bits per heavy atom. The molecule has 1 aliphatic carbocycles. The summed E-state index contributed by atoms with van der Waals surface area (Å²) in [7, 11) is 0. The maximum atomic E-state index is 9.40. The van der Waals surface area contributed by atoms with Crippen molar-refractivity contribution in [3.05, 3.63) is 17.6 Å². The van der Waals surface area contributed by atoms with E-state index in [-0.39, 0.29) is 0 Å². The van der Waals surface area contributed by atoms with Gasteiger partial charge in [0.1, 0.15) is 23.8 Å². The zero-order valence-electron chi connectivity index (χ0n) is 15.2. The monoisotopic (exact) mass is 314 g/mol. The zero-order chi connectivity index (χ0) is 17.0. The quantitative estimate of drug-likeness (QED) is 0.865. The van der Waals surface area contributed by atoms with Crippen LogP contribution in [-0.2, 0) is 6.42 Å². The molecule has 1 aliphatic rings. The first kappa shape index (κ1) is 17.7. The zero-order valence-corrected chi connectivity index (χ0v) is 15.2. The van der Waals surface area contributed by atoms with E-state index >= 15 is 0 Å². The summed E-state index contributed by atoms with van der Waals surface area (Å²) in [5, 5.41) is 12.9. The van der Waals surface area contributed by atoms with Gasteiger partial charge in [0.25, 0.3) is 0 Å². The van der Waals surface area contributed by atoms with E-state index in [4.69, 9.17) is 0 Å². The van der Waals surface area contributed by atoms with Crippen molar-refractivity contribution in [2.24, 2.45) is 17.3 Å². The van der Waals surface area contributed by atoms with Gasteiger partial charge < -0.3 is 5.32 Å². The van der Waals surface area contributed by atoms with E-state index in [1.54, 1.807) is 6.33 Å². The molecule has 1 saturated carbocycles. The van der Waals surface area contributed by atoms with Crippen molar-refractivity contribution in [1.82, 2.24) is 9.97 Å². The second kappa shape index (κ2) is 7.29. The minimum Gasteiger partial charge on any atom is -0.366 e. The molecule has 0 amide bonds. The molecule has 1 fully saturated rings. The van der Waals surface area contributed by atoms with Gasteiger partial charge in [-0.1, -0.05) is 34.6 Å². The Bertz CT molecular complexity index is 563. The first-order chi connectivity index (χ1) is 10.9. The highest BCUT2D eigenvalue weighted by Gasteiger charge is 2.35. The molecular formula is C19H30N4. The summed E-state index contributed by atoms with van der Waals surface area (Å²) >= 11 is 0. The molecule has 0 radical (unpaired) electrons. The lowest BCUT2D eigenvalue weighted by atomic mass is 9.65. The van der Waals surface area contributed by atoms with E-state index in [9.17, 15) is 5.26 Å². The lowest BCUT2D eigenvalue weighted by Gasteiger charge is -2.42. The van der Waals surface area contributed by atoms with E-state index < -0.39 is 0 Å². The van der Waals surface area contributed by atoms with Crippen LogP contribution in [0.2, 0.25) is 0 Å². The Morgan fingerprint density at radius 2 is 1.91 bits per heavy atom. The molecule has 0 spiro atoms. The van der Waals surface area contributed by atoms with E-state index in [2.05, 4.69) is 49.0 Å². The predicted octanol–water partition coefficient (Wildman–Crippen LogP) is 4.56. The number of nitriles is 1. The molecule has 1 aromatic rings. The number of aromatic nitrogens is 2. The van der Waals surface area contributed by atoms with E-state index in [1.165, 1.54) is 12.8 Å². The summed E-state index contributed by atoms with van der Waals surface area (Å²) in [5.41, 5.74) is 1.84. The Morgan fingerprint density at radius 3 is 2.43 bits per heavy atom. The molecule has 0 unspecified atom stereocenters. The van der Waals surface area contributed by atoms with Gasteiger partial charge in [-0.2, -0.15) is 5.26 Å². The van der Waals surface area contributed by atoms with Gasteiger partial charge >= 0.3 is 0 Å². The fourth-order valence-electron chi connectivity index (χ4n) is 3.56. The summed E-state index contributed by atoms with van der Waals surface area (Å²) in [4.78, 5) is 8.52. The van der Waals surface area contributed by atoms with Crippen molar-refractivity contribution >= 4 is 5.82 Å². The Balaban J connectivity index is 2.02. The molecule has 23 heavy (non-hydrogen) atoms. The highest BCUT2D eigenvalue weighted by molar-refractivity contribution is 5.54. The van der Waals surface area contributed by atoms with Crippen LogP contribution in [0, 0.1) is 28.6 Å². The lowest BCUT2D eigenvalue weighted by Crippen LogP contribution is -2.36. The topological polar surface area (TPSA) is 61.6 Å². The van der Waals surface area contributed by atoms with Crippen molar-refractivity contribution in [1.29, 1.82) is 5.26 Å². The number of nitrogens with one attached hydrogen (secondary N) is 1. The summed E-state index contributed by atoms with van der Waals surface area (Å²) in [6.45, 7) is 11.5. The molecule has 0 atom stereocenters. The molecule has 0 aliphatic heterocycles. The molecular weight excluding hydrogens is 284 g/mol. The normalized spacial score (nSPS) is 22.0. The van der Waals surface area contributed by atoms with Crippen LogP contribution in [0.1, 0.15) is 71.6 Å². The summed E-state index contributed by atoms with van der Waals surface area (Å²) in [6, 6.07) is 2.68. The van der Waals surface area contributed by atoms with Crippen molar-refractivity contribution in [2.75, 3.05) is 5.32 Å². The van der Waals surface area contributed by atoms with Gasteiger partial charge in [-0.15, -0.1) is 0 Å². The molecule has 1 N–H and O–H groups in total. The summed E-state index contributed by atoms with van der Waals surface area (Å²) in [5.74, 6) is 2.20. The predicted molar refractivity (Wildman–Crippen MR) is 94.1 cm³/mol. The molecule has 126 valence electrons. The molecule has 4 nitrogen and oxygen atoms in total. The van der Waals surface area contributed by atoms with E-state index in [0.717, 1.165) is 30.9 Å². The van der Waals surface area contributed by atoms with Crippen LogP contribution in [0.15, 0.2) is 6.33 Å².